The zero-order valence-electron chi connectivity index (χ0n) is 20.1. The molecule has 1 aromatic heterocycles. The molecule has 0 saturated carbocycles. The summed E-state index contributed by atoms with van der Waals surface area (Å²) in [6, 6.07) is 7.10. The van der Waals surface area contributed by atoms with Crippen molar-refractivity contribution in [2.24, 2.45) is 17.8 Å². The molecule has 1 aliphatic heterocycles. The molecule has 1 aromatic carbocycles. The van der Waals surface area contributed by atoms with E-state index in [1.807, 2.05) is 23.6 Å². The molecule has 1 saturated heterocycles. The molecule has 2 aromatic rings. The summed E-state index contributed by atoms with van der Waals surface area (Å²) in [6.45, 7) is 0.219. The highest BCUT2D eigenvalue weighted by molar-refractivity contribution is 9.12. The number of allylic oxidation sites excluding steroid dienone is 6. The second kappa shape index (κ2) is 9.43. The molecule has 10 heteroatoms. The molecule has 0 bridgehead atoms. The van der Waals surface area contributed by atoms with Crippen LogP contribution >= 0.6 is 43.2 Å². The van der Waals surface area contributed by atoms with E-state index in [0.29, 0.717) is 27.6 Å². The minimum absolute atomic E-state index is 0.141. The van der Waals surface area contributed by atoms with Crippen molar-refractivity contribution in [2.75, 3.05) is 7.11 Å². The number of carbonyl (C=O) groups is 4. The summed E-state index contributed by atoms with van der Waals surface area (Å²) in [5.74, 6) is -3.46. The number of imide groups is 1. The van der Waals surface area contributed by atoms with Crippen molar-refractivity contribution >= 4 is 66.6 Å². The van der Waals surface area contributed by atoms with Crippen molar-refractivity contribution in [3.05, 3.63) is 77.9 Å². The Morgan fingerprint density at radius 2 is 1.92 bits per heavy atom. The third-order valence-corrected chi connectivity index (χ3v) is 9.82. The Morgan fingerprint density at radius 1 is 1.13 bits per heavy atom. The summed E-state index contributed by atoms with van der Waals surface area (Å²) in [5, 5.41) is 13.1. The van der Waals surface area contributed by atoms with Gasteiger partial charge in [0.25, 0.3) is 0 Å². The van der Waals surface area contributed by atoms with Gasteiger partial charge in [0.1, 0.15) is 0 Å². The van der Waals surface area contributed by atoms with E-state index >= 15 is 0 Å². The number of hydrogen-bond acceptors (Lipinski definition) is 7. The van der Waals surface area contributed by atoms with E-state index in [9.17, 15) is 24.3 Å². The van der Waals surface area contributed by atoms with Crippen LogP contribution in [0.5, 0.6) is 11.5 Å². The Labute approximate surface area is 239 Å². The first-order valence-corrected chi connectivity index (χ1v) is 14.5. The third-order valence-electron chi connectivity index (χ3n) is 7.92. The SMILES string of the molecule is COc1cc(Br)cc(C2C3=CCC4C(=O)N(Cc5cccs5)C(=O)C4C3CC3=C2C(=O)C=C(Br)C3=O)c1O. The number of amides is 2. The van der Waals surface area contributed by atoms with Crippen LogP contribution in [0.1, 0.15) is 29.2 Å². The molecule has 7 nitrogen and oxygen atoms in total. The van der Waals surface area contributed by atoms with Crippen LogP contribution in [-0.2, 0) is 25.7 Å². The van der Waals surface area contributed by atoms with Crippen LogP contribution in [0.4, 0.5) is 0 Å². The number of thiophene rings is 1. The lowest BCUT2D eigenvalue weighted by molar-refractivity contribution is -0.140. The molecule has 4 atom stereocenters. The number of halogens is 2. The second-order valence-corrected chi connectivity index (χ2v) is 12.6. The van der Waals surface area contributed by atoms with E-state index in [1.165, 1.54) is 29.4 Å². The second-order valence-electron chi connectivity index (χ2n) is 9.78. The fraction of sp³-hybridized carbons (Fsp3) is 0.286. The molecule has 0 radical (unpaired) electrons. The first-order chi connectivity index (χ1) is 18.2. The van der Waals surface area contributed by atoms with Crippen LogP contribution in [0, 0.1) is 17.8 Å². The summed E-state index contributed by atoms with van der Waals surface area (Å²) < 4.78 is 6.15. The topological polar surface area (TPSA) is 101 Å². The number of ether oxygens (including phenoxy) is 1. The van der Waals surface area contributed by atoms with E-state index in [2.05, 4.69) is 31.9 Å². The highest BCUT2D eigenvalue weighted by Crippen LogP contribution is 2.57. The van der Waals surface area contributed by atoms with Gasteiger partial charge in [-0.25, -0.2) is 0 Å². The number of nitrogens with zero attached hydrogens (tertiary/aromatic N) is 1. The molecule has 6 rings (SSSR count). The number of rotatable bonds is 4. The van der Waals surface area contributed by atoms with Gasteiger partial charge in [0.2, 0.25) is 11.8 Å². The van der Waals surface area contributed by atoms with Gasteiger partial charge in [0.15, 0.2) is 23.1 Å². The number of aromatic hydroxyl groups is 1. The van der Waals surface area contributed by atoms with Crippen LogP contribution in [-0.4, -0.2) is 40.5 Å². The highest BCUT2D eigenvalue weighted by Gasteiger charge is 2.56. The fourth-order valence-corrected chi connectivity index (χ4v) is 7.91. The highest BCUT2D eigenvalue weighted by atomic mass is 79.9. The van der Waals surface area contributed by atoms with Crippen molar-refractivity contribution in [1.82, 2.24) is 4.90 Å². The lowest BCUT2D eigenvalue weighted by atomic mass is 9.59. The number of methoxy groups -OCH3 is 1. The molecule has 2 amide bonds. The predicted molar refractivity (Wildman–Crippen MR) is 147 cm³/mol. The number of fused-ring (bicyclic) bond motifs is 3. The lowest BCUT2D eigenvalue weighted by Crippen LogP contribution is -2.39. The number of carbonyl (C=O) groups excluding carboxylic acids is 4. The monoisotopic (exact) mass is 657 g/mol. The summed E-state index contributed by atoms with van der Waals surface area (Å²) in [4.78, 5) is 56.1. The molecular formula is C28H21Br2NO6S. The van der Waals surface area contributed by atoms with Crippen LogP contribution in [0.15, 0.2) is 67.5 Å². The number of phenols is 1. The maximum Gasteiger partial charge on any atom is 0.234 e. The molecule has 2 heterocycles. The van der Waals surface area contributed by atoms with Gasteiger partial charge < -0.3 is 9.84 Å². The van der Waals surface area contributed by atoms with E-state index < -0.39 is 23.7 Å². The van der Waals surface area contributed by atoms with Gasteiger partial charge in [-0.3, -0.25) is 24.1 Å². The van der Waals surface area contributed by atoms with Crippen molar-refractivity contribution in [3.63, 3.8) is 0 Å². The number of phenolic OH excluding ortho intramolecular Hbond substituents is 1. The zero-order valence-corrected chi connectivity index (χ0v) is 24.1. The molecule has 4 aliphatic rings. The number of Topliss-reactive ketones (excluding diaryl/α,β-unsaturated/α-hetero) is 1. The molecule has 3 aliphatic carbocycles. The average molecular weight is 659 g/mol. The van der Waals surface area contributed by atoms with Crippen LogP contribution in [0.2, 0.25) is 0 Å². The summed E-state index contributed by atoms with van der Waals surface area (Å²) in [5.41, 5.74) is 1.78. The van der Waals surface area contributed by atoms with Gasteiger partial charge in [-0.15, -0.1) is 11.3 Å². The van der Waals surface area contributed by atoms with Gasteiger partial charge >= 0.3 is 0 Å². The standard InChI is InChI=1S/C28H21Br2NO6S/c1-37-21-8-12(29)7-17(26(21)34)22-14-4-5-15-23(28(36)31(27(15)35)11-13-3-2-6-38-13)16(14)9-18-24(22)20(32)10-19(30)25(18)33/h2-4,6-8,10,15-16,22-23,34H,5,9,11H2,1H3. The van der Waals surface area contributed by atoms with Gasteiger partial charge in [-0.05, 0) is 58.3 Å². The quantitative estimate of drug-likeness (QED) is 0.276. The largest absolute Gasteiger partial charge is 0.504 e. The first kappa shape index (κ1) is 25.5. The van der Waals surface area contributed by atoms with Crippen molar-refractivity contribution in [1.29, 1.82) is 0 Å². The molecule has 0 spiro atoms. The van der Waals surface area contributed by atoms with E-state index in [-0.39, 0.29) is 52.3 Å². The fourth-order valence-electron chi connectivity index (χ4n) is 6.31. The molecule has 1 fully saturated rings. The van der Waals surface area contributed by atoms with Crippen LogP contribution in [0.3, 0.4) is 0 Å². The average Bonchev–Trinajstić information content (AvgIpc) is 3.50. The normalized spacial score (nSPS) is 26.7. The predicted octanol–water partition coefficient (Wildman–Crippen LogP) is 5.19. The van der Waals surface area contributed by atoms with Crippen LogP contribution < -0.4 is 4.74 Å². The number of benzene rings is 1. The van der Waals surface area contributed by atoms with Gasteiger partial charge in [0.05, 0.1) is 30.0 Å². The minimum atomic E-state index is -0.765. The minimum Gasteiger partial charge on any atom is -0.504 e. The van der Waals surface area contributed by atoms with Gasteiger partial charge in [-0.2, -0.15) is 0 Å². The first-order valence-electron chi connectivity index (χ1n) is 12.0. The Kier molecular flexibility index (Phi) is 6.32. The molecule has 194 valence electrons. The zero-order chi connectivity index (χ0) is 26.9. The molecule has 4 unspecified atom stereocenters. The van der Waals surface area contributed by atoms with E-state index in [4.69, 9.17) is 4.74 Å². The van der Waals surface area contributed by atoms with Gasteiger partial charge in [0, 0.05) is 38.1 Å². The summed E-state index contributed by atoms with van der Waals surface area (Å²) >= 11 is 8.18. The summed E-state index contributed by atoms with van der Waals surface area (Å²) in [6.07, 6.45) is 3.71. The maximum absolute atomic E-state index is 13.8. The van der Waals surface area contributed by atoms with Crippen molar-refractivity contribution < 1.29 is 29.0 Å². The smallest absolute Gasteiger partial charge is 0.234 e. The van der Waals surface area contributed by atoms with Crippen molar-refractivity contribution in [2.45, 2.75) is 25.3 Å². The van der Waals surface area contributed by atoms with E-state index in [0.717, 1.165) is 10.5 Å². The number of hydrogen-bond donors (Lipinski definition) is 1. The maximum atomic E-state index is 13.8. The molecular weight excluding hydrogens is 638 g/mol. The third kappa shape index (κ3) is 3.79. The Balaban J connectivity index is 1.50. The van der Waals surface area contributed by atoms with Crippen molar-refractivity contribution in [3.8, 4) is 11.5 Å². The molecule has 38 heavy (non-hydrogen) atoms. The number of ketones is 2. The Morgan fingerprint density at radius 3 is 2.63 bits per heavy atom. The molecule has 1 N–H and O–H groups in total. The van der Waals surface area contributed by atoms with E-state index in [1.54, 1.807) is 12.1 Å². The summed E-state index contributed by atoms with van der Waals surface area (Å²) in [7, 11) is 1.43. The van der Waals surface area contributed by atoms with Crippen LogP contribution in [0.25, 0.3) is 0 Å². The Bertz CT molecular complexity index is 1520. The van der Waals surface area contributed by atoms with Gasteiger partial charge in [-0.1, -0.05) is 33.6 Å². The lowest BCUT2D eigenvalue weighted by Gasteiger charge is -2.42. The Hall–Kier alpha value is -2.82. The number of likely N-dealkylation sites (tertiary alicyclic amines) is 1.